The quantitative estimate of drug-likeness (QED) is 0.426. The molecule has 38 heavy (non-hydrogen) atoms. The van der Waals surface area contributed by atoms with Crippen LogP contribution in [-0.2, 0) is 17.9 Å². The van der Waals surface area contributed by atoms with E-state index in [4.69, 9.17) is 4.74 Å². The lowest BCUT2D eigenvalue weighted by Gasteiger charge is -2.39. The van der Waals surface area contributed by atoms with E-state index in [1.54, 1.807) is 13.0 Å². The zero-order chi connectivity index (χ0) is 27.8. The fraction of sp³-hybridized carbons (Fsp3) is 0.517. The Hall–Kier alpha value is -2.75. The highest BCUT2D eigenvalue weighted by Crippen LogP contribution is 2.37. The molecule has 3 heterocycles. The zero-order valence-corrected chi connectivity index (χ0v) is 24.3. The molecule has 0 spiro atoms. The molecule has 1 aliphatic rings. The van der Waals surface area contributed by atoms with Crippen LogP contribution in [-0.4, -0.2) is 49.3 Å². The van der Waals surface area contributed by atoms with Crippen LogP contribution in [0.2, 0.25) is 0 Å². The Morgan fingerprint density at radius 2 is 1.89 bits per heavy atom. The third-order valence-corrected chi connectivity index (χ3v) is 9.49. The number of nitrogens with one attached hydrogen (secondary N) is 2. The summed E-state index contributed by atoms with van der Waals surface area (Å²) >= 11 is -1.01. The van der Waals surface area contributed by atoms with Gasteiger partial charge in [-0.05, 0) is 72.4 Å². The van der Waals surface area contributed by atoms with Gasteiger partial charge in [0.15, 0.2) is 0 Å². The molecule has 2 aromatic heterocycles. The molecule has 2 atom stereocenters. The fourth-order valence-corrected chi connectivity index (χ4v) is 6.93. The number of piperidine rings is 1. The minimum atomic E-state index is -1.01. The highest BCUT2D eigenvalue weighted by atomic mass is 32.2. The molecule has 206 valence electrons. The summed E-state index contributed by atoms with van der Waals surface area (Å²) < 4.78 is 22.4. The monoisotopic (exact) mass is 540 g/mol. The number of hydrogen-bond acceptors (Lipinski definition) is 5. The van der Waals surface area contributed by atoms with Crippen molar-refractivity contribution in [1.82, 2.24) is 19.2 Å². The van der Waals surface area contributed by atoms with Crippen LogP contribution in [0, 0.1) is 19.8 Å². The molecule has 0 bridgehead atoms. The van der Waals surface area contributed by atoms with Crippen molar-refractivity contribution in [3.8, 4) is 5.75 Å². The summed E-state index contributed by atoms with van der Waals surface area (Å²) in [4.78, 5) is 28.8. The van der Waals surface area contributed by atoms with Gasteiger partial charge in [-0.1, -0.05) is 18.2 Å². The first-order chi connectivity index (χ1) is 17.9. The lowest BCUT2D eigenvalue weighted by molar-refractivity contribution is 0.0951. The lowest BCUT2D eigenvalue weighted by Crippen LogP contribution is -2.47. The predicted octanol–water partition coefficient (Wildman–Crippen LogP) is 4.62. The second-order valence-corrected chi connectivity index (χ2v) is 13.5. The van der Waals surface area contributed by atoms with Gasteiger partial charge < -0.3 is 24.2 Å². The summed E-state index contributed by atoms with van der Waals surface area (Å²) in [6.07, 6.45) is 1.90. The minimum absolute atomic E-state index is 0.0650. The van der Waals surface area contributed by atoms with E-state index < -0.39 is 11.4 Å². The summed E-state index contributed by atoms with van der Waals surface area (Å²) in [5, 5.41) is 3.85. The lowest BCUT2D eigenvalue weighted by atomic mass is 9.91. The van der Waals surface area contributed by atoms with E-state index in [2.05, 4.69) is 32.2 Å². The van der Waals surface area contributed by atoms with E-state index in [1.165, 1.54) is 7.11 Å². The molecule has 1 amide bonds. The Morgan fingerprint density at radius 3 is 2.53 bits per heavy atom. The maximum Gasteiger partial charge on any atom is 0.256 e. The van der Waals surface area contributed by atoms with Crippen molar-refractivity contribution in [3.05, 3.63) is 63.2 Å². The third-order valence-electron chi connectivity index (χ3n) is 7.61. The van der Waals surface area contributed by atoms with Crippen molar-refractivity contribution < 1.29 is 14.1 Å². The molecule has 0 saturated carbocycles. The number of H-pyrrole nitrogens is 1. The third kappa shape index (κ3) is 5.51. The van der Waals surface area contributed by atoms with Gasteiger partial charge in [0.1, 0.15) is 10.5 Å². The zero-order valence-electron chi connectivity index (χ0n) is 23.5. The minimum Gasteiger partial charge on any atom is -0.598 e. The number of amides is 1. The van der Waals surface area contributed by atoms with Gasteiger partial charge in [0.05, 0.1) is 24.8 Å². The molecule has 9 heteroatoms. The van der Waals surface area contributed by atoms with Crippen molar-refractivity contribution in [2.45, 2.75) is 71.7 Å². The molecule has 1 aromatic carbocycles. The summed E-state index contributed by atoms with van der Waals surface area (Å²) in [7, 11) is 1.52. The Bertz CT molecular complexity index is 1370. The van der Waals surface area contributed by atoms with Crippen LogP contribution in [0.25, 0.3) is 10.9 Å². The SMILES string of the molecule is COc1cc(C)[nH]c(=O)c1CNC(=O)c1c(C)n([C@H](C)C2CCN([S+]([O-])C(C)(C)C)CC2)c2ccccc12. The van der Waals surface area contributed by atoms with Gasteiger partial charge in [-0.2, -0.15) is 0 Å². The van der Waals surface area contributed by atoms with Crippen molar-refractivity contribution in [3.63, 3.8) is 0 Å². The molecule has 2 N–H and O–H groups in total. The molecule has 1 unspecified atom stereocenters. The highest BCUT2D eigenvalue weighted by molar-refractivity contribution is 7.90. The number of benzene rings is 1. The average molecular weight is 541 g/mol. The topological polar surface area (TPSA) is 102 Å². The number of aryl methyl sites for hydroxylation is 1. The summed E-state index contributed by atoms with van der Waals surface area (Å²) in [5.41, 5.74) is 3.37. The van der Waals surface area contributed by atoms with E-state index in [0.29, 0.717) is 28.5 Å². The van der Waals surface area contributed by atoms with Gasteiger partial charge in [0.2, 0.25) is 0 Å². The van der Waals surface area contributed by atoms with Gasteiger partial charge in [-0.3, -0.25) is 9.59 Å². The number of aromatic amines is 1. The first-order valence-corrected chi connectivity index (χ1v) is 14.4. The molecule has 3 aromatic rings. The largest absolute Gasteiger partial charge is 0.598 e. The number of para-hydroxylation sites is 1. The Labute approximate surface area is 228 Å². The fourth-order valence-electron chi connectivity index (χ4n) is 5.62. The molecule has 4 rings (SSSR count). The van der Waals surface area contributed by atoms with Crippen LogP contribution in [0.5, 0.6) is 5.75 Å². The predicted molar refractivity (Wildman–Crippen MR) is 153 cm³/mol. The number of fused-ring (bicyclic) bond motifs is 1. The highest BCUT2D eigenvalue weighted by Gasteiger charge is 2.37. The van der Waals surface area contributed by atoms with Crippen molar-refractivity contribution in [2.75, 3.05) is 20.2 Å². The van der Waals surface area contributed by atoms with Gasteiger partial charge in [-0.15, -0.1) is 4.31 Å². The molecule has 1 aliphatic heterocycles. The standard InChI is InChI=1S/C29H40N4O4S/c1-18-16-25(37-7)23(27(34)31-18)17-30-28(35)26-20(3)33(24-11-9-8-10-22(24)26)19(2)21-12-14-32(15-13-21)38(36)29(4,5)6/h8-11,16,19,21H,12-15,17H2,1-7H3,(H,30,35)(H,31,34)/t19-,38?/m1/s1. The number of rotatable bonds is 7. The van der Waals surface area contributed by atoms with Crippen LogP contribution in [0.4, 0.5) is 0 Å². The van der Waals surface area contributed by atoms with Crippen LogP contribution in [0.15, 0.2) is 35.1 Å². The number of pyridine rings is 1. The summed E-state index contributed by atoms with van der Waals surface area (Å²) in [6, 6.07) is 9.91. The molecule has 1 saturated heterocycles. The van der Waals surface area contributed by atoms with E-state index in [9.17, 15) is 14.1 Å². The summed E-state index contributed by atoms with van der Waals surface area (Å²) in [5.74, 6) is 0.643. The normalized spacial score (nSPS) is 16.9. The van der Waals surface area contributed by atoms with E-state index in [-0.39, 0.29) is 28.8 Å². The van der Waals surface area contributed by atoms with E-state index >= 15 is 0 Å². The van der Waals surface area contributed by atoms with Crippen LogP contribution in [0.1, 0.15) is 73.9 Å². The van der Waals surface area contributed by atoms with Crippen LogP contribution < -0.4 is 15.6 Å². The maximum absolute atomic E-state index is 13.5. The number of hydrogen-bond donors (Lipinski definition) is 2. The van der Waals surface area contributed by atoms with Gasteiger partial charge in [-0.25, -0.2) is 0 Å². The van der Waals surface area contributed by atoms with Crippen molar-refractivity contribution in [2.24, 2.45) is 5.92 Å². The van der Waals surface area contributed by atoms with Gasteiger partial charge in [0.25, 0.3) is 11.5 Å². The molecular weight excluding hydrogens is 500 g/mol. The first-order valence-electron chi connectivity index (χ1n) is 13.3. The second kappa shape index (κ2) is 11.2. The molecule has 0 aliphatic carbocycles. The second-order valence-electron chi connectivity index (χ2n) is 11.2. The number of aromatic nitrogens is 2. The number of carbonyl (C=O) groups is 1. The number of methoxy groups -OCH3 is 1. The molecule has 8 nitrogen and oxygen atoms in total. The van der Waals surface area contributed by atoms with Crippen molar-refractivity contribution in [1.29, 1.82) is 0 Å². The van der Waals surface area contributed by atoms with E-state index in [1.807, 2.05) is 45.9 Å². The molecular formula is C29H40N4O4S. The van der Waals surface area contributed by atoms with Crippen LogP contribution in [0.3, 0.4) is 0 Å². The van der Waals surface area contributed by atoms with Gasteiger partial charge in [0, 0.05) is 52.8 Å². The van der Waals surface area contributed by atoms with Crippen LogP contribution >= 0.6 is 0 Å². The molecule has 1 fully saturated rings. The number of nitrogens with zero attached hydrogens (tertiary/aromatic N) is 2. The smallest absolute Gasteiger partial charge is 0.256 e. The van der Waals surface area contributed by atoms with E-state index in [0.717, 1.165) is 42.5 Å². The average Bonchev–Trinajstić information content (AvgIpc) is 3.17. The maximum atomic E-state index is 13.5. The Balaban J connectivity index is 1.58. The number of ether oxygens (including phenoxy) is 1. The number of carbonyl (C=O) groups excluding carboxylic acids is 1. The molecule has 0 radical (unpaired) electrons. The van der Waals surface area contributed by atoms with Crippen molar-refractivity contribution >= 4 is 28.2 Å². The Morgan fingerprint density at radius 1 is 1.24 bits per heavy atom. The summed E-state index contributed by atoms with van der Waals surface area (Å²) in [6.45, 7) is 13.7. The van der Waals surface area contributed by atoms with Gasteiger partial charge >= 0.3 is 0 Å². The first kappa shape index (κ1) is 28.3. The Kier molecular flexibility index (Phi) is 8.30.